The maximum absolute atomic E-state index is 12.2. The highest BCUT2D eigenvalue weighted by Gasteiger charge is 2.25. The van der Waals surface area contributed by atoms with Gasteiger partial charge in [0.1, 0.15) is 6.33 Å². The van der Waals surface area contributed by atoms with Gasteiger partial charge in [-0.3, -0.25) is 4.79 Å². The lowest BCUT2D eigenvalue weighted by Gasteiger charge is -2.31. The van der Waals surface area contributed by atoms with Crippen LogP contribution in [0.4, 0.5) is 0 Å². The summed E-state index contributed by atoms with van der Waals surface area (Å²) in [6, 6.07) is 7.45. The Kier molecular flexibility index (Phi) is 5.44. The molecule has 1 aromatic heterocycles. The van der Waals surface area contributed by atoms with Gasteiger partial charge in [-0.25, -0.2) is 4.68 Å². The first kappa shape index (κ1) is 17.1. The summed E-state index contributed by atoms with van der Waals surface area (Å²) < 4.78 is 1.56. The van der Waals surface area contributed by atoms with Crippen LogP contribution in [-0.4, -0.2) is 43.9 Å². The molecule has 0 aliphatic rings. The molecule has 0 aliphatic heterocycles. The van der Waals surface area contributed by atoms with Gasteiger partial charge in [0, 0.05) is 12.6 Å². The van der Waals surface area contributed by atoms with Crippen LogP contribution in [0.25, 0.3) is 5.69 Å². The number of hydrogen-bond acceptors (Lipinski definition) is 5. The standard InChI is InChI=1S/C16H23N5O2/c1-16(2,3)14(8-9-22)18-15(23)10-12-4-6-13(7-5-12)21-11-17-19-20-21/h4-7,11,14,22H,8-10H2,1-3H3,(H,18,23). The molecule has 0 spiro atoms. The van der Waals surface area contributed by atoms with E-state index >= 15 is 0 Å². The Morgan fingerprint density at radius 3 is 2.52 bits per heavy atom. The number of aliphatic hydroxyl groups is 1. The summed E-state index contributed by atoms with van der Waals surface area (Å²) in [5, 5.41) is 23.2. The van der Waals surface area contributed by atoms with Crippen molar-refractivity contribution < 1.29 is 9.90 Å². The SMILES string of the molecule is CC(C)(C)C(CCO)NC(=O)Cc1ccc(-n2cnnn2)cc1. The topological polar surface area (TPSA) is 92.9 Å². The van der Waals surface area contributed by atoms with Crippen molar-refractivity contribution >= 4 is 5.91 Å². The molecule has 1 atom stereocenters. The number of amides is 1. The molecule has 1 aromatic carbocycles. The van der Waals surface area contributed by atoms with Crippen LogP contribution in [0.5, 0.6) is 0 Å². The molecule has 2 rings (SSSR count). The highest BCUT2D eigenvalue weighted by atomic mass is 16.3. The van der Waals surface area contributed by atoms with Crippen LogP contribution in [-0.2, 0) is 11.2 Å². The van der Waals surface area contributed by atoms with Crippen molar-refractivity contribution in [3.63, 3.8) is 0 Å². The van der Waals surface area contributed by atoms with E-state index in [0.717, 1.165) is 11.3 Å². The Balaban J connectivity index is 1.97. The fourth-order valence-corrected chi connectivity index (χ4v) is 2.33. The van der Waals surface area contributed by atoms with Gasteiger partial charge in [-0.05, 0) is 40.0 Å². The number of aromatic nitrogens is 4. The fourth-order valence-electron chi connectivity index (χ4n) is 2.33. The molecule has 0 saturated heterocycles. The summed E-state index contributed by atoms with van der Waals surface area (Å²) in [7, 11) is 0. The monoisotopic (exact) mass is 317 g/mol. The maximum Gasteiger partial charge on any atom is 0.224 e. The number of hydrogen-bond donors (Lipinski definition) is 2. The highest BCUT2D eigenvalue weighted by molar-refractivity contribution is 5.79. The minimum absolute atomic E-state index is 0.0476. The van der Waals surface area contributed by atoms with E-state index in [1.54, 1.807) is 4.68 Å². The molecule has 2 N–H and O–H groups in total. The van der Waals surface area contributed by atoms with E-state index in [0.29, 0.717) is 12.8 Å². The van der Waals surface area contributed by atoms with Crippen LogP contribution in [0.15, 0.2) is 30.6 Å². The number of tetrazole rings is 1. The third-order valence-electron chi connectivity index (χ3n) is 3.71. The van der Waals surface area contributed by atoms with Crippen molar-refractivity contribution in [3.8, 4) is 5.69 Å². The van der Waals surface area contributed by atoms with Gasteiger partial charge in [0.05, 0.1) is 12.1 Å². The molecule has 7 nitrogen and oxygen atoms in total. The third kappa shape index (κ3) is 4.85. The Morgan fingerprint density at radius 2 is 2.00 bits per heavy atom. The third-order valence-corrected chi connectivity index (χ3v) is 3.71. The molecule has 0 fully saturated rings. The normalized spacial score (nSPS) is 12.9. The number of aliphatic hydroxyl groups excluding tert-OH is 1. The summed E-state index contributed by atoms with van der Waals surface area (Å²) in [5.74, 6) is -0.0476. The van der Waals surface area contributed by atoms with Crippen molar-refractivity contribution in [2.75, 3.05) is 6.61 Å². The highest BCUT2D eigenvalue weighted by Crippen LogP contribution is 2.21. The summed E-state index contributed by atoms with van der Waals surface area (Å²) in [6.45, 7) is 6.21. The lowest BCUT2D eigenvalue weighted by Crippen LogP contribution is -2.44. The van der Waals surface area contributed by atoms with Crippen LogP contribution >= 0.6 is 0 Å². The van der Waals surface area contributed by atoms with Crippen LogP contribution < -0.4 is 5.32 Å². The van der Waals surface area contributed by atoms with E-state index in [1.165, 1.54) is 6.33 Å². The lowest BCUT2D eigenvalue weighted by atomic mass is 9.85. The van der Waals surface area contributed by atoms with E-state index in [2.05, 4.69) is 41.6 Å². The first-order valence-electron chi connectivity index (χ1n) is 7.62. The van der Waals surface area contributed by atoms with Crippen molar-refractivity contribution in [2.24, 2.45) is 5.41 Å². The first-order chi connectivity index (χ1) is 10.9. The van der Waals surface area contributed by atoms with Crippen molar-refractivity contribution in [3.05, 3.63) is 36.2 Å². The predicted molar refractivity (Wildman–Crippen MR) is 85.9 cm³/mol. The van der Waals surface area contributed by atoms with Crippen molar-refractivity contribution in [1.29, 1.82) is 0 Å². The van der Waals surface area contributed by atoms with E-state index in [4.69, 9.17) is 5.11 Å². The van der Waals surface area contributed by atoms with Gasteiger partial charge < -0.3 is 10.4 Å². The zero-order valence-electron chi connectivity index (χ0n) is 13.7. The number of nitrogens with one attached hydrogen (secondary N) is 1. The Labute approximate surface area is 135 Å². The van der Waals surface area contributed by atoms with Crippen molar-refractivity contribution in [2.45, 2.75) is 39.7 Å². The van der Waals surface area contributed by atoms with Gasteiger partial charge in [-0.15, -0.1) is 5.10 Å². The zero-order valence-corrected chi connectivity index (χ0v) is 13.7. The number of carbonyl (C=O) groups is 1. The number of benzene rings is 1. The number of rotatable bonds is 6. The van der Waals surface area contributed by atoms with Crippen molar-refractivity contribution in [1.82, 2.24) is 25.5 Å². The van der Waals surface area contributed by atoms with Crippen LogP contribution in [0.1, 0.15) is 32.8 Å². The molecule has 1 amide bonds. The van der Waals surface area contributed by atoms with Gasteiger partial charge >= 0.3 is 0 Å². The summed E-state index contributed by atoms with van der Waals surface area (Å²) in [5.41, 5.74) is 1.66. The number of nitrogens with zero attached hydrogens (tertiary/aromatic N) is 4. The summed E-state index contributed by atoms with van der Waals surface area (Å²) in [6.07, 6.45) is 2.37. The minimum Gasteiger partial charge on any atom is -0.396 e. The van der Waals surface area contributed by atoms with Gasteiger partial charge in [-0.1, -0.05) is 32.9 Å². The molecule has 0 saturated carbocycles. The second-order valence-corrected chi connectivity index (χ2v) is 6.60. The van der Waals surface area contributed by atoms with E-state index in [1.807, 2.05) is 24.3 Å². The van der Waals surface area contributed by atoms with Gasteiger partial charge in [0.15, 0.2) is 0 Å². The minimum atomic E-state index is -0.0949. The molecular weight excluding hydrogens is 294 g/mol. The van der Waals surface area contributed by atoms with Gasteiger partial charge in [0.25, 0.3) is 0 Å². The average Bonchev–Trinajstić information content (AvgIpc) is 3.01. The van der Waals surface area contributed by atoms with Gasteiger partial charge in [0.2, 0.25) is 5.91 Å². The second-order valence-electron chi connectivity index (χ2n) is 6.60. The molecule has 0 aliphatic carbocycles. The van der Waals surface area contributed by atoms with Gasteiger partial charge in [-0.2, -0.15) is 0 Å². The Bertz CT molecular complexity index is 617. The fraction of sp³-hybridized carbons (Fsp3) is 0.500. The lowest BCUT2D eigenvalue weighted by molar-refractivity contribution is -0.122. The summed E-state index contributed by atoms with van der Waals surface area (Å²) in [4.78, 5) is 12.2. The molecule has 124 valence electrons. The Hall–Kier alpha value is -2.28. The van der Waals surface area contributed by atoms with Crippen LogP contribution in [0.3, 0.4) is 0 Å². The van der Waals surface area contributed by atoms with E-state index in [-0.39, 0.29) is 24.0 Å². The quantitative estimate of drug-likeness (QED) is 0.833. The Morgan fingerprint density at radius 1 is 1.30 bits per heavy atom. The average molecular weight is 317 g/mol. The molecule has 23 heavy (non-hydrogen) atoms. The molecular formula is C16H23N5O2. The summed E-state index contributed by atoms with van der Waals surface area (Å²) >= 11 is 0. The molecule has 2 aromatic rings. The number of carbonyl (C=O) groups excluding carboxylic acids is 1. The molecule has 1 unspecified atom stereocenters. The second kappa shape index (κ2) is 7.32. The molecule has 0 radical (unpaired) electrons. The maximum atomic E-state index is 12.2. The zero-order chi connectivity index (χ0) is 16.9. The molecule has 1 heterocycles. The molecule has 7 heteroatoms. The van der Waals surface area contributed by atoms with Crippen LogP contribution in [0.2, 0.25) is 0 Å². The van der Waals surface area contributed by atoms with Crippen LogP contribution in [0, 0.1) is 5.41 Å². The van der Waals surface area contributed by atoms with E-state index < -0.39 is 0 Å². The van der Waals surface area contributed by atoms with E-state index in [9.17, 15) is 4.79 Å². The smallest absolute Gasteiger partial charge is 0.224 e. The molecule has 0 bridgehead atoms. The first-order valence-corrected chi connectivity index (χ1v) is 7.62. The largest absolute Gasteiger partial charge is 0.396 e. The predicted octanol–water partition coefficient (Wildman–Crippen LogP) is 1.12.